The molecule has 2 rings (SSSR count). The first-order valence-electron chi connectivity index (χ1n) is 7.89. The lowest BCUT2D eigenvalue weighted by Gasteiger charge is -2.18. The van der Waals surface area contributed by atoms with Crippen molar-refractivity contribution in [3.05, 3.63) is 58.6 Å². The summed E-state index contributed by atoms with van der Waals surface area (Å²) < 4.78 is 5.68. The molecule has 1 amide bonds. The first kappa shape index (κ1) is 17.4. The lowest BCUT2D eigenvalue weighted by molar-refractivity contribution is -0.122. The molecule has 1 atom stereocenters. The highest BCUT2D eigenvalue weighted by molar-refractivity contribution is 6.30. The summed E-state index contributed by atoms with van der Waals surface area (Å²) in [6.07, 6.45) is 1.15. The smallest absolute Gasteiger partial charge is 0.265 e. The maximum atomic E-state index is 12.5. The number of hydrogen-bond acceptors (Lipinski definition) is 2. The van der Waals surface area contributed by atoms with Gasteiger partial charge in [0.1, 0.15) is 5.75 Å². The second-order valence-corrected chi connectivity index (χ2v) is 5.80. The summed E-state index contributed by atoms with van der Waals surface area (Å²) in [7, 11) is 0. The maximum Gasteiger partial charge on any atom is 0.265 e. The number of nitrogens with one attached hydrogen (secondary N) is 1. The molecule has 1 unspecified atom stereocenters. The van der Waals surface area contributed by atoms with E-state index in [2.05, 4.69) is 19.2 Å². The summed E-state index contributed by atoms with van der Waals surface area (Å²) in [4.78, 5) is 12.5. The number of carbonyl (C=O) groups is 1. The number of para-hydroxylation sites is 1. The van der Waals surface area contributed by atoms with Gasteiger partial charge in [-0.25, -0.2) is 0 Å². The Labute approximate surface area is 142 Å². The summed E-state index contributed by atoms with van der Waals surface area (Å²) >= 11 is 5.85. The Morgan fingerprint density at radius 2 is 1.65 bits per heavy atom. The standard InChI is InChI=1S/C19H22ClNO2/c1-4-14-7-6-8-15(5-2)18(14)21-19(22)13(3)23-17-11-9-16(20)10-12-17/h6-13H,4-5H2,1-3H3,(H,21,22). The zero-order valence-electron chi connectivity index (χ0n) is 13.7. The first-order chi connectivity index (χ1) is 11.0. The summed E-state index contributed by atoms with van der Waals surface area (Å²) in [5, 5.41) is 3.66. The normalized spacial score (nSPS) is 11.8. The average Bonchev–Trinajstić information content (AvgIpc) is 2.56. The molecule has 0 aromatic heterocycles. The molecule has 2 aromatic rings. The van der Waals surface area contributed by atoms with Crippen molar-refractivity contribution in [1.29, 1.82) is 0 Å². The van der Waals surface area contributed by atoms with Crippen LogP contribution in [0.25, 0.3) is 0 Å². The van der Waals surface area contributed by atoms with Gasteiger partial charge in [0.15, 0.2) is 6.10 Å². The van der Waals surface area contributed by atoms with Crippen LogP contribution >= 0.6 is 11.6 Å². The largest absolute Gasteiger partial charge is 0.481 e. The lowest BCUT2D eigenvalue weighted by Crippen LogP contribution is -2.30. The molecular weight excluding hydrogens is 310 g/mol. The molecule has 1 N–H and O–H groups in total. The molecule has 23 heavy (non-hydrogen) atoms. The number of ether oxygens (including phenoxy) is 1. The van der Waals surface area contributed by atoms with Crippen LogP contribution in [0.3, 0.4) is 0 Å². The van der Waals surface area contributed by atoms with Crippen molar-refractivity contribution in [3.63, 3.8) is 0 Å². The van der Waals surface area contributed by atoms with Crippen molar-refractivity contribution in [2.24, 2.45) is 0 Å². The fourth-order valence-electron chi connectivity index (χ4n) is 2.40. The fraction of sp³-hybridized carbons (Fsp3) is 0.316. The number of amides is 1. The second-order valence-electron chi connectivity index (χ2n) is 5.36. The van der Waals surface area contributed by atoms with Crippen LogP contribution in [0.5, 0.6) is 5.75 Å². The van der Waals surface area contributed by atoms with Gasteiger partial charge in [0.25, 0.3) is 5.91 Å². The zero-order chi connectivity index (χ0) is 16.8. The van der Waals surface area contributed by atoms with Crippen molar-refractivity contribution >= 4 is 23.2 Å². The third kappa shape index (κ3) is 4.49. The Balaban J connectivity index is 2.10. The molecule has 0 saturated carbocycles. The number of halogens is 1. The molecule has 0 saturated heterocycles. The molecular formula is C19H22ClNO2. The third-order valence-corrected chi connectivity index (χ3v) is 3.99. The van der Waals surface area contributed by atoms with Gasteiger partial charge in [0.2, 0.25) is 0 Å². The molecule has 0 aliphatic rings. The van der Waals surface area contributed by atoms with Crippen LogP contribution < -0.4 is 10.1 Å². The number of hydrogen-bond donors (Lipinski definition) is 1. The highest BCUT2D eigenvalue weighted by Gasteiger charge is 2.17. The van der Waals surface area contributed by atoms with Crippen LogP contribution in [0.4, 0.5) is 5.69 Å². The van der Waals surface area contributed by atoms with Gasteiger partial charge in [0, 0.05) is 10.7 Å². The minimum absolute atomic E-state index is 0.157. The van der Waals surface area contributed by atoms with E-state index in [-0.39, 0.29) is 5.91 Å². The molecule has 0 radical (unpaired) electrons. The van der Waals surface area contributed by atoms with E-state index in [9.17, 15) is 4.79 Å². The fourth-order valence-corrected chi connectivity index (χ4v) is 2.52. The Bertz CT molecular complexity index is 645. The number of benzene rings is 2. The van der Waals surface area contributed by atoms with Crippen LogP contribution in [0, 0.1) is 0 Å². The minimum atomic E-state index is -0.592. The molecule has 2 aromatic carbocycles. The number of aryl methyl sites for hydroxylation is 2. The summed E-state index contributed by atoms with van der Waals surface area (Å²) in [5.74, 6) is 0.465. The Morgan fingerprint density at radius 3 is 2.17 bits per heavy atom. The summed E-state index contributed by atoms with van der Waals surface area (Å²) in [6, 6.07) is 13.1. The Kier molecular flexibility index (Phi) is 6.05. The van der Waals surface area contributed by atoms with Crippen LogP contribution in [0.15, 0.2) is 42.5 Å². The molecule has 3 nitrogen and oxygen atoms in total. The van der Waals surface area contributed by atoms with Gasteiger partial charge >= 0.3 is 0 Å². The number of rotatable bonds is 6. The van der Waals surface area contributed by atoms with Crippen molar-refractivity contribution in [3.8, 4) is 5.75 Å². The van der Waals surface area contributed by atoms with Gasteiger partial charge in [-0.1, -0.05) is 43.6 Å². The minimum Gasteiger partial charge on any atom is -0.481 e. The number of anilines is 1. The van der Waals surface area contributed by atoms with Gasteiger partial charge < -0.3 is 10.1 Å². The lowest BCUT2D eigenvalue weighted by atomic mass is 10.0. The molecule has 0 spiro atoms. The molecule has 0 heterocycles. The van der Waals surface area contributed by atoms with Crippen LogP contribution in [-0.2, 0) is 17.6 Å². The van der Waals surface area contributed by atoms with E-state index in [0.717, 1.165) is 29.7 Å². The highest BCUT2D eigenvalue weighted by Crippen LogP contribution is 2.23. The predicted octanol–water partition coefficient (Wildman–Crippen LogP) is 4.87. The molecule has 0 fully saturated rings. The van der Waals surface area contributed by atoms with Crippen LogP contribution in [-0.4, -0.2) is 12.0 Å². The average molecular weight is 332 g/mol. The maximum absolute atomic E-state index is 12.5. The topological polar surface area (TPSA) is 38.3 Å². The van der Waals surface area contributed by atoms with E-state index in [4.69, 9.17) is 16.3 Å². The molecule has 122 valence electrons. The van der Waals surface area contributed by atoms with Crippen LogP contribution in [0.1, 0.15) is 31.9 Å². The van der Waals surface area contributed by atoms with Crippen molar-refractivity contribution in [2.45, 2.75) is 39.7 Å². The molecule has 0 bridgehead atoms. The van der Waals surface area contributed by atoms with Gasteiger partial charge in [-0.2, -0.15) is 0 Å². The Morgan fingerprint density at radius 1 is 1.09 bits per heavy atom. The van der Waals surface area contributed by atoms with E-state index >= 15 is 0 Å². The van der Waals surface area contributed by atoms with Gasteiger partial charge in [-0.3, -0.25) is 4.79 Å². The Hall–Kier alpha value is -2.00. The van der Waals surface area contributed by atoms with E-state index in [1.807, 2.05) is 18.2 Å². The summed E-state index contributed by atoms with van der Waals surface area (Å²) in [5.41, 5.74) is 3.18. The number of carbonyl (C=O) groups excluding carboxylic acids is 1. The van der Waals surface area contributed by atoms with E-state index in [1.54, 1.807) is 31.2 Å². The highest BCUT2D eigenvalue weighted by atomic mass is 35.5. The third-order valence-electron chi connectivity index (χ3n) is 3.74. The van der Waals surface area contributed by atoms with Gasteiger partial charge in [-0.05, 0) is 55.2 Å². The van der Waals surface area contributed by atoms with Crippen molar-refractivity contribution < 1.29 is 9.53 Å². The van der Waals surface area contributed by atoms with Gasteiger partial charge in [0.05, 0.1) is 0 Å². The monoisotopic (exact) mass is 331 g/mol. The first-order valence-corrected chi connectivity index (χ1v) is 8.26. The van der Waals surface area contributed by atoms with Gasteiger partial charge in [-0.15, -0.1) is 0 Å². The van der Waals surface area contributed by atoms with E-state index in [0.29, 0.717) is 10.8 Å². The van der Waals surface area contributed by atoms with Crippen molar-refractivity contribution in [2.75, 3.05) is 5.32 Å². The SMILES string of the molecule is CCc1cccc(CC)c1NC(=O)C(C)Oc1ccc(Cl)cc1. The molecule has 4 heteroatoms. The summed E-state index contributed by atoms with van der Waals surface area (Å²) in [6.45, 7) is 5.90. The zero-order valence-corrected chi connectivity index (χ0v) is 14.5. The second kappa shape index (κ2) is 8.02. The predicted molar refractivity (Wildman–Crippen MR) is 95.4 cm³/mol. The van der Waals surface area contributed by atoms with E-state index in [1.165, 1.54) is 0 Å². The van der Waals surface area contributed by atoms with Crippen LogP contribution in [0.2, 0.25) is 5.02 Å². The quantitative estimate of drug-likeness (QED) is 0.820. The van der Waals surface area contributed by atoms with E-state index < -0.39 is 6.10 Å². The molecule has 0 aliphatic carbocycles. The molecule has 0 aliphatic heterocycles. The van der Waals surface area contributed by atoms with Crippen molar-refractivity contribution in [1.82, 2.24) is 0 Å².